The zero-order chi connectivity index (χ0) is 15.2. The minimum absolute atomic E-state index is 0.742. The number of nitrogens with zero attached hydrogens (tertiary/aromatic N) is 3. The fourth-order valence-corrected chi connectivity index (χ4v) is 2.85. The number of fused-ring (bicyclic) bond motifs is 1. The summed E-state index contributed by atoms with van der Waals surface area (Å²) in [6.07, 6.45) is 1.13. The summed E-state index contributed by atoms with van der Waals surface area (Å²) in [5, 5.41) is 3.94. The number of hydrogen-bond donors (Lipinski definition) is 1. The highest BCUT2D eigenvalue weighted by atomic mass is 35.5. The topological polar surface area (TPSA) is 33.1 Å². The molecular weight excluding hydrogens is 284 g/mol. The SMILES string of the molecule is CCN(CC)CCCn1c(CNC)nc2cc(Cl)ccc21. The first-order chi connectivity index (χ1) is 10.2. The first-order valence-electron chi connectivity index (χ1n) is 7.71. The van der Waals surface area contributed by atoms with Gasteiger partial charge in [0.25, 0.3) is 0 Å². The van der Waals surface area contributed by atoms with Crippen molar-refractivity contribution in [2.24, 2.45) is 0 Å². The van der Waals surface area contributed by atoms with Crippen LogP contribution in [0.1, 0.15) is 26.1 Å². The van der Waals surface area contributed by atoms with Gasteiger partial charge in [0.1, 0.15) is 5.82 Å². The van der Waals surface area contributed by atoms with Crippen molar-refractivity contribution in [1.82, 2.24) is 19.8 Å². The molecule has 0 amide bonds. The fourth-order valence-electron chi connectivity index (χ4n) is 2.69. The molecule has 2 aromatic rings. The van der Waals surface area contributed by atoms with Crippen LogP contribution in [0.3, 0.4) is 0 Å². The predicted octanol–water partition coefficient (Wildman–Crippen LogP) is 3.14. The minimum Gasteiger partial charge on any atom is -0.327 e. The summed E-state index contributed by atoms with van der Waals surface area (Å²) in [6.45, 7) is 9.54. The van der Waals surface area contributed by atoms with Gasteiger partial charge in [-0.1, -0.05) is 25.4 Å². The summed E-state index contributed by atoms with van der Waals surface area (Å²) in [7, 11) is 1.95. The molecule has 0 spiro atoms. The van der Waals surface area contributed by atoms with Crippen molar-refractivity contribution in [3.05, 3.63) is 29.0 Å². The number of imidazole rings is 1. The van der Waals surface area contributed by atoms with E-state index in [1.807, 2.05) is 19.2 Å². The van der Waals surface area contributed by atoms with Crippen LogP contribution in [0.4, 0.5) is 0 Å². The van der Waals surface area contributed by atoms with Crippen molar-refractivity contribution in [1.29, 1.82) is 0 Å². The molecule has 1 N–H and O–H groups in total. The van der Waals surface area contributed by atoms with E-state index in [-0.39, 0.29) is 0 Å². The number of benzene rings is 1. The Morgan fingerprint density at radius 3 is 2.71 bits per heavy atom. The summed E-state index contributed by atoms with van der Waals surface area (Å²) < 4.78 is 2.31. The van der Waals surface area contributed by atoms with Crippen LogP contribution in [-0.2, 0) is 13.1 Å². The zero-order valence-corrected chi connectivity index (χ0v) is 14.0. The van der Waals surface area contributed by atoms with Crippen LogP contribution >= 0.6 is 11.6 Å². The lowest BCUT2D eigenvalue weighted by atomic mass is 10.3. The van der Waals surface area contributed by atoms with E-state index < -0.39 is 0 Å². The average Bonchev–Trinajstić information content (AvgIpc) is 2.81. The van der Waals surface area contributed by atoms with E-state index in [0.717, 1.165) is 55.5 Å². The monoisotopic (exact) mass is 308 g/mol. The van der Waals surface area contributed by atoms with Crippen LogP contribution in [0.25, 0.3) is 11.0 Å². The van der Waals surface area contributed by atoms with Crippen LogP contribution in [0.5, 0.6) is 0 Å². The van der Waals surface area contributed by atoms with Crippen LogP contribution in [0.15, 0.2) is 18.2 Å². The summed E-state index contributed by atoms with van der Waals surface area (Å²) in [5.41, 5.74) is 2.15. The van der Waals surface area contributed by atoms with Crippen molar-refractivity contribution in [3.63, 3.8) is 0 Å². The zero-order valence-electron chi connectivity index (χ0n) is 13.2. The molecule has 0 aliphatic rings. The molecule has 0 radical (unpaired) electrons. The van der Waals surface area contributed by atoms with E-state index in [1.54, 1.807) is 0 Å². The van der Waals surface area contributed by atoms with Gasteiger partial charge in [0, 0.05) is 11.6 Å². The Labute approximate surface area is 132 Å². The van der Waals surface area contributed by atoms with E-state index in [9.17, 15) is 0 Å². The standard InChI is InChI=1S/C16H25ClN4/c1-4-20(5-2)9-6-10-21-15-8-7-13(17)11-14(15)19-16(21)12-18-3/h7-8,11,18H,4-6,9-10,12H2,1-3H3. The lowest BCUT2D eigenvalue weighted by Gasteiger charge is -2.18. The van der Waals surface area contributed by atoms with Crippen molar-refractivity contribution in [3.8, 4) is 0 Å². The Hall–Kier alpha value is -1.10. The van der Waals surface area contributed by atoms with Gasteiger partial charge in [-0.25, -0.2) is 4.98 Å². The van der Waals surface area contributed by atoms with E-state index >= 15 is 0 Å². The largest absolute Gasteiger partial charge is 0.327 e. The second-order valence-electron chi connectivity index (χ2n) is 5.22. The molecule has 1 aromatic heterocycles. The van der Waals surface area contributed by atoms with E-state index in [0.29, 0.717) is 0 Å². The highest BCUT2D eigenvalue weighted by molar-refractivity contribution is 6.31. The summed E-state index contributed by atoms with van der Waals surface area (Å²) in [4.78, 5) is 7.16. The molecule has 1 heterocycles. The number of hydrogen-bond acceptors (Lipinski definition) is 3. The Morgan fingerprint density at radius 2 is 2.05 bits per heavy atom. The second-order valence-corrected chi connectivity index (χ2v) is 5.66. The van der Waals surface area contributed by atoms with Gasteiger partial charge in [-0.2, -0.15) is 0 Å². The molecule has 0 fully saturated rings. The van der Waals surface area contributed by atoms with Gasteiger partial charge in [-0.05, 0) is 51.3 Å². The van der Waals surface area contributed by atoms with Gasteiger partial charge in [0.05, 0.1) is 17.6 Å². The molecule has 116 valence electrons. The van der Waals surface area contributed by atoms with Gasteiger partial charge in [0.2, 0.25) is 0 Å². The molecule has 0 saturated carbocycles. The molecule has 0 aliphatic heterocycles. The minimum atomic E-state index is 0.742. The highest BCUT2D eigenvalue weighted by Crippen LogP contribution is 2.21. The van der Waals surface area contributed by atoms with Crippen LogP contribution in [0, 0.1) is 0 Å². The molecule has 0 unspecified atom stereocenters. The van der Waals surface area contributed by atoms with Crippen molar-refractivity contribution < 1.29 is 0 Å². The number of rotatable bonds is 8. The maximum atomic E-state index is 6.07. The molecule has 0 saturated heterocycles. The number of aryl methyl sites for hydroxylation is 1. The van der Waals surface area contributed by atoms with E-state index in [4.69, 9.17) is 16.6 Å². The molecule has 5 heteroatoms. The van der Waals surface area contributed by atoms with Crippen molar-refractivity contribution in [2.45, 2.75) is 33.4 Å². The molecule has 0 aliphatic carbocycles. The van der Waals surface area contributed by atoms with Crippen LogP contribution in [-0.4, -0.2) is 41.1 Å². The number of halogens is 1. The van der Waals surface area contributed by atoms with Gasteiger partial charge >= 0.3 is 0 Å². The third kappa shape index (κ3) is 3.96. The van der Waals surface area contributed by atoms with E-state index in [2.05, 4.69) is 34.7 Å². The maximum absolute atomic E-state index is 6.07. The number of nitrogens with one attached hydrogen (secondary N) is 1. The van der Waals surface area contributed by atoms with Crippen molar-refractivity contribution in [2.75, 3.05) is 26.7 Å². The Morgan fingerprint density at radius 1 is 1.29 bits per heavy atom. The third-order valence-electron chi connectivity index (χ3n) is 3.87. The van der Waals surface area contributed by atoms with Crippen LogP contribution < -0.4 is 5.32 Å². The van der Waals surface area contributed by atoms with Gasteiger partial charge < -0.3 is 14.8 Å². The summed E-state index contributed by atoms with van der Waals surface area (Å²) >= 11 is 6.07. The molecule has 1 aromatic carbocycles. The Kier molecular flexibility index (Phi) is 6.03. The molecule has 4 nitrogen and oxygen atoms in total. The average molecular weight is 309 g/mol. The second kappa shape index (κ2) is 7.78. The third-order valence-corrected chi connectivity index (χ3v) is 4.11. The predicted molar refractivity (Wildman–Crippen MR) is 89.9 cm³/mol. The molecule has 0 atom stereocenters. The van der Waals surface area contributed by atoms with Gasteiger partial charge in [-0.15, -0.1) is 0 Å². The smallest absolute Gasteiger partial charge is 0.123 e. The quantitative estimate of drug-likeness (QED) is 0.813. The molecule has 0 bridgehead atoms. The highest BCUT2D eigenvalue weighted by Gasteiger charge is 2.10. The summed E-state index contributed by atoms with van der Waals surface area (Å²) in [6, 6.07) is 5.95. The van der Waals surface area contributed by atoms with Gasteiger partial charge in [-0.3, -0.25) is 0 Å². The van der Waals surface area contributed by atoms with Crippen molar-refractivity contribution >= 4 is 22.6 Å². The van der Waals surface area contributed by atoms with Gasteiger partial charge in [0.15, 0.2) is 0 Å². The van der Waals surface area contributed by atoms with E-state index in [1.165, 1.54) is 5.52 Å². The van der Waals surface area contributed by atoms with Crippen LogP contribution in [0.2, 0.25) is 5.02 Å². The first kappa shape index (κ1) is 16.3. The summed E-state index contributed by atoms with van der Waals surface area (Å²) in [5.74, 6) is 1.08. The molecule has 21 heavy (non-hydrogen) atoms. The molecule has 2 rings (SSSR count). The lowest BCUT2D eigenvalue weighted by molar-refractivity contribution is 0.293. The normalized spacial score (nSPS) is 11.7. The Balaban J connectivity index is 2.18. The lowest BCUT2D eigenvalue weighted by Crippen LogP contribution is -2.25. The maximum Gasteiger partial charge on any atom is 0.123 e. The number of aromatic nitrogens is 2. The Bertz CT molecular complexity index is 575. The molecular formula is C16H25ClN4. The first-order valence-corrected chi connectivity index (χ1v) is 8.09. The fraction of sp³-hybridized carbons (Fsp3) is 0.562.